The van der Waals surface area contributed by atoms with Gasteiger partial charge < -0.3 is 4.74 Å². The number of rotatable bonds is 3. The topological polar surface area (TPSA) is 9.23 Å². The van der Waals surface area contributed by atoms with Gasteiger partial charge >= 0.3 is 0 Å². The largest absolute Gasteiger partial charge is 0.489 e. The third-order valence-electron chi connectivity index (χ3n) is 2.11. The van der Waals surface area contributed by atoms with Gasteiger partial charge in [-0.15, -0.1) is 0 Å². The molecule has 0 unspecified atom stereocenters. The maximum atomic E-state index is 12.9. The molecule has 0 aliphatic heterocycles. The number of ether oxygens (including phenoxy) is 1. The van der Waals surface area contributed by atoms with Crippen molar-refractivity contribution in [3.05, 3.63) is 64.9 Å². The van der Waals surface area contributed by atoms with Gasteiger partial charge in [0.05, 0.1) is 0 Å². The fourth-order valence-electron chi connectivity index (χ4n) is 1.32. The maximum absolute atomic E-state index is 12.9. The minimum Gasteiger partial charge on any atom is -0.489 e. The Hall–Kier alpha value is -1.54. The third kappa shape index (κ3) is 2.97. The van der Waals surface area contributed by atoms with Crippen molar-refractivity contribution in [2.45, 2.75) is 6.61 Å². The van der Waals surface area contributed by atoms with Crippen LogP contribution in [0.1, 0.15) is 5.56 Å². The Morgan fingerprint density at radius 2 is 1.81 bits per heavy atom. The zero-order valence-corrected chi connectivity index (χ0v) is 9.25. The minimum absolute atomic E-state index is 0.253. The highest BCUT2D eigenvalue weighted by Gasteiger charge is 1.97. The molecule has 0 aliphatic carbocycles. The molecular weight excluding hydrogens is 227 g/mol. The molecule has 0 N–H and O–H groups in total. The highest BCUT2D eigenvalue weighted by molar-refractivity contribution is 6.30. The molecule has 0 aromatic heterocycles. The lowest BCUT2D eigenvalue weighted by Crippen LogP contribution is -1.95. The van der Waals surface area contributed by atoms with Crippen molar-refractivity contribution in [1.29, 1.82) is 0 Å². The van der Waals surface area contributed by atoms with Crippen LogP contribution in [0.15, 0.2) is 48.5 Å². The summed E-state index contributed by atoms with van der Waals surface area (Å²) >= 11 is 5.74. The van der Waals surface area contributed by atoms with E-state index in [2.05, 4.69) is 0 Å². The van der Waals surface area contributed by atoms with Crippen LogP contribution in [0.2, 0.25) is 5.02 Å². The third-order valence-corrected chi connectivity index (χ3v) is 2.36. The van der Waals surface area contributed by atoms with Crippen LogP contribution in [0.3, 0.4) is 0 Å². The molecule has 3 heteroatoms. The summed E-state index contributed by atoms with van der Waals surface area (Å²) in [7, 11) is 0. The van der Waals surface area contributed by atoms with Crippen molar-refractivity contribution in [2.24, 2.45) is 0 Å². The smallest absolute Gasteiger partial charge is 0.123 e. The minimum atomic E-state index is -0.253. The van der Waals surface area contributed by atoms with E-state index in [1.54, 1.807) is 30.3 Å². The number of halogens is 2. The number of hydrogen-bond donors (Lipinski definition) is 0. The molecule has 82 valence electrons. The predicted molar refractivity (Wildman–Crippen MR) is 62.2 cm³/mol. The van der Waals surface area contributed by atoms with Crippen molar-refractivity contribution < 1.29 is 9.13 Å². The molecule has 0 bridgehead atoms. The summed E-state index contributed by atoms with van der Waals surface area (Å²) in [5, 5.41) is 0.665. The summed E-state index contributed by atoms with van der Waals surface area (Å²) in [6.45, 7) is 0.347. The van der Waals surface area contributed by atoms with Gasteiger partial charge in [-0.2, -0.15) is 0 Å². The van der Waals surface area contributed by atoms with Crippen LogP contribution < -0.4 is 4.74 Å². The van der Waals surface area contributed by atoms with Gasteiger partial charge in [-0.1, -0.05) is 23.7 Å². The van der Waals surface area contributed by atoms with E-state index in [0.29, 0.717) is 17.4 Å². The number of hydrogen-bond acceptors (Lipinski definition) is 1. The standard InChI is InChI=1S/C13H10ClFO/c14-11-4-6-13(7-5-11)16-9-10-2-1-3-12(15)8-10/h1-8H,9H2. The van der Waals surface area contributed by atoms with E-state index >= 15 is 0 Å². The molecule has 0 atom stereocenters. The van der Waals surface area contributed by atoms with Crippen molar-refractivity contribution in [1.82, 2.24) is 0 Å². The van der Waals surface area contributed by atoms with E-state index in [4.69, 9.17) is 16.3 Å². The molecule has 0 heterocycles. The lowest BCUT2D eigenvalue weighted by molar-refractivity contribution is 0.305. The lowest BCUT2D eigenvalue weighted by atomic mass is 10.2. The second-order valence-corrected chi connectivity index (χ2v) is 3.81. The summed E-state index contributed by atoms with van der Waals surface area (Å²) in [4.78, 5) is 0. The van der Waals surface area contributed by atoms with Crippen molar-refractivity contribution in [3.8, 4) is 5.75 Å². The monoisotopic (exact) mass is 236 g/mol. The summed E-state index contributed by atoms with van der Waals surface area (Å²) in [6, 6.07) is 13.4. The molecular formula is C13H10ClFO. The Morgan fingerprint density at radius 3 is 2.50 bits per heavy atom. The van der Waals surface area contributed by atoms with E-state index in [0.717, 1.165) is 5.56 Å². The SMILES string of the molecule is Fc1cccc(COc2ccc(Cl)cc2)c1. The Bertz CT molecular complexity index is 468. The average Bonchev–Trinajstić information content (AvgIpc) is 2.28. The first kappa shape index (κ1) is 11.0. The van der Waals surface area contributed by atoms with Crippen LogP contribution in [0.4, 0.5) is 4.39 Å². The van der Waals surface area contributed by atoms with Gasteiger partial charge in [0.15, 0.2) is 0 Å². The molecule has 0 aliphatic rings. The first-order chi connectivity index (χ1) is 7.74. The van der Waals surface area contributed by atoms with Crippen molar-refractivity contribution in [3.63, 3.8) is 0 Å². The van der Waals surface area contributed by atoms with E-state index in [1.807, 2.05) is 6.07 Å². The van der Waals surface area contributed by atoms with Gasteiger partial charge in [0.2, 0.25) is 0 Å². The van der Waals surface area contributed by atoms with Crippen LogP contribution in [0, 0.1) is 5.82 Å². The van der Waals surface area contributed by atoms with E-state index < -0.39 is 0 Å². The predicted octanol–water partition coefficient (Wildman–Crippen LogP) is 4.06. The van der Waals surface area contributed by atoms with Gasteiger partial charge in [-0.05, 0) is 42.0 Å². The first-order valence-corrected chi connectivity index (χ1v) is 5.25. The molecule has 0 amide bonds. The fourth-order valence-corrected chi connectivity index (χ4v) is 1.45. The maximum Gasteiger partial charge on any atom is 0.123 e. The van der Waals surface area contributed by atoms with Crippen molar-refractivity contribution in [2.75, 3.05) is 0 Å². The highest BCUT2D eigenvalue weighted by atomic mass is 35.5. The molecule has 0 saturated carbocycles. The Kier molecular flexibility index (Phi) is 3.42. The van der Waals surface area contributed by atoms with Crippen molar-refractivity contribution >= 4 is 11.6 Å². The molecule has 0 fully saturated rings. The van der Waals surface area contributed by atoms with Crippen LogP contribution in [-0.2, 0) is 6.61 Å². The normalized spacial score (nSPS) is 10.1. The van der Waals surface area contributed by atoms with Crippen LogP contribution in [-0.4, -0.2) is 0 Å². The summed E-state index contributed by atoms with van der Waals surface area (Å²) in [6.07, 6.45) is 0. The Labute approximate surface area is 98.4 Å². The molecule has 2 aromatic carbocycles. The Morgan fingerprint density at radius 1 is 1.06 bits per heavy atom. The lowest BCUT2D eigenvalue weighted by Gasteiger charge is -2.06. The molecule has 1 nitrogen and oxygen atoms in total. The van der Waals surface area contributed by atoms with Crippen LogP contribution >= 0.6 is 11.6 Å². The van der Waals surface area contributed by atoms with Gasteiger partial charge in [0, 0.05) is 5.02 Å². The number of benzene rings is 2. The molecule has 0 radical (unpaired) electrons. The summed E-state index contributed by atoms with van der Waals surface area (Å²) in [5.41, 5.74) is 0.801. The summed E-state index contributed by atoms with van der Waals surface area (Å²) in [5.74, 6) is 0.464. The first-order valence-electron chi connectivity index (χ1n) is 4.87. The molecule has 0 spiro atoms. The molecule has 16 heavy (non-hydrogen) atoms. The quantitative estimate of drug-likeness (QED) is 0.781. The Balaban J connectivity index is 1.99. The summed E-state index contributed by atoms with van der Waals surface area (Å²) < 4.78 is 18.3. The van der Waals surface area contributed by atoms with E-state index in [9.17, 15) is 4.39 Å². The molecule has 0 saturated heterocycles. The second-order valence-electron chi connectivity index (χ2n) is 3.37. The zero-order valence-electron chi connectivity index (χ0n) is 8.49. The van der Waals surface area contributed by atoms with Crippen LogP contribution in [0.25, 0.3) is 0 Å². The highest BCUT2D eigenvalue weighted by Crippen LogP contribution is 2.17. The molecule has 2 aromatic rings. The zero-order chi connectivity index (χ0) is 11.4. The average molecular weight is 237 g/mol. The second kappa shape index (κ2) is 4.99. The van der Waals surface area contributed by atoms with Gasteiger partial charge in [-0.25, -0.2) is 4.39 Å². The molecule has 2 rings (SSSR count). The van der Waals surface area contributed by atoms with Crippen LogP contribution in [0.5, 0.6) is 5.75 Å². The van der Waals surface area contributed by atoms with Gasteiger partial charge in [0.25, 0.3) is 0 Å². The van der Waals surface area contributed by atoms with Gasteiger partial charge in [0.1, 0.15) is 18.2 Å². The van der Waals surface area contributed by atoms with Gasteiger partial charge in [-0.3, -0.25) is 0 Å². The van der Waals surface area contributed by atoms with E-state index in [1.165, 1.54) is 12.1 Å². The fraction of sp³-hybridized carbons (Fsp3) is 0.0769. The van der Waals surface area contributed by atoms with E-state index in [-0.39, 0.29) is 5.82 Å².